The number of nitrogen functional groups attached to an aromatic ring is 1. The van der Waals surface area contributed by atoms with Crippen LogP contribution in [0.5, 0.6) is 5.75 Å². The molecule has 1 amide bonds. The minimum Gasteiger partial charge on any atom is -0.497 e. The molecule has 0 aliphatic heterocycles. The Morgan fingerprint density at radius 2 is 2.18 bits per heavy atom. The lowest BCUT2D eigenvalue weighted by Gasteiger charge is -2.07. The van der Waals surface area contributed by atoms with Crippen molar-refractivity contribution in [2.24, 2.45) is 5.84 Å². The molecule has 6 heteroatoms. The van der Waals surface area contributed by atoms with Crippen LogP contribution in [0.2, 0.25) is 0 Å². The summed E-state index contributed by atoms with van der Waals surface area (Å²) in [7, 11) is 1.46. The average molecular weight is 236 g/mol. The normalized spacial score (nSPS) is 10.2. The molecule has 0 unspecified atom stereocenters. The van der Waals surface area contributed by atoms with E-state index in [0.29, 0.717) is 11.3 Å². The highest BCUT2D eigenvalue weighted by Gasteiger charge is 2.10. The number of amides is 1. The Kier molecular flexibility index (Phi) is 4.24. The zero-order valence-corrected chi connectivity index (χ0v) is 9.14. The molecule has 0 bridgehead atoms. The van der Waals surface area contributed by atoms with Crippen molar-refractivity contribution in [2.45, 2.75) is 0 Å². The van der Waals surface area contributed by atoms with Gasteiger partial charge < -0.3 is 9.84 Å². The third kappa shape index (κ3) is 3.32. The predicted molar refractivity (Wildman–Crippen MR) is 61.3 cm³/mol. The molecule has 0 saturated carbocycles. The van der Waals surface area contributed by atoms with Crippen molar-refractivity contribution < 1.29 is 19.4 Å². The molecule has 0 aromatic heterocycles. The summed E-state index contributed by atoms with van der Waals surface area (Å²) in [6.07, 6.45) is 2.25. The Morgan fingerprint density at radius 1 is 1.47 bits per heavy atom. The van der Waals surface area contributed by atoms with Gasteiger partial charge in [0.25, 0.3) is 5.91 Å². The molecule has 17 heavy (non-hydrogen) atoms. The number of carbonyl (C=O) groups excluding carboxylic acids is 1. The number of carboxylic acids is 1. The molecule has 0 aliphatic carbocycles. The third-order valence-electron chi connectivity index (χ3n) is 2.04. The Hall–Kier alpha value is -2.34. The quantitative estimate of drug-likeness (QED) is 0.304. The van der Waals surface area contributed by atoms with Crippen molar-refractivity contribution in [2.75, 3.05) is 7.11 Å². The van der Waals surface area contributed by atoms with Crippen LogP contribution >= 0.6 is 0 Å². The molecule has 1 aromatic carbocycles. The topological polar surface area (TPSA) is 102 Å². The minimum atomic E-state index is -1.10. The third-order valence-corrected chi connectivity index (χ3v) is 2.04. The highest BCUT2D eigenvalue weighted by atomic mass is 16.5. The molecule has 90 valence electrons. The molecular weight excluding hydrogens is 224 g/mol. The lowest BCUT2D eigenvalue weighted by atomic mass is 10.1. The second-order valence-corrected chi connectivity index (χ2v) is 3.10. The maximum Gasteiger partial charge on any atom is 0.328 e. The minimum absolute atomic E-state index is 0.240. The summed E-state index contributed by atoms with van der Waals surface area (Å²) in [4.78, 5) is 21.9. The first-order valence-electron chi connectivity index (χ1n) is 4.68. The maximum atomic E-state index is 11.5. The number of ether oxygens (including phenoxy) is 1. The molecule has 0 radical (unpaired) electrons. The number of nitrogens with two attached hydrogens (primary N) is 1. The summed E-state index contributed by atoms with van der Waals surface area (Å²) < 4.78 is 4.97. The van der Waals surface area contributed by atoms with Crippen LogP contribution in [-0.4, -0.2) is 24.1 Å². The lowest BCUT2D eigenvalue weighted by Crippen LogP contribution is -2.30. The Bertz CT molecular complexity index is 469. The maximum absolute atomic E-state index is 11.5. The van der Waals surface area contributed by atoms with E-state index in [2.05, 4.69) is 0 Å². The molecule has 1 rings (SSSR count). The van der Waals surface area contributed by atoms with Gasteiger partial charge in [0.15, 0.2) is 0 Å². The summed E-state index contributed by atoms with van der Waals surface area (Å²) in [5.74, 6) is 3.91. The van der Waals surface area contributed by atoms with E-state index >= 15 is 0 Å². The SMILES string of the molecule is COc1ccc(C=CC(=O)O)c(C(=O)NN)c1. The first-order chi connectivity index (χ1) is 8.08. The van der Waals surface area contributed by atoms with Gasteiger partial charge in [0.2, 0.25) is 0 Å². The Morgan fingerprint density at radius 3 is 2.71 bits per heavy atom. The van der Waals surface area contributed by atoms with Gasteiger partial charge >= 0.3 is 5.97 Å². The average Bonchev–Trinajstić information content (AvgIpc) is 2.35. The van der Waals surface area contributed by atoms with E-state index in [4.69, 9.17) is 15.7 Å². The number of nitrogens with one attached hydrogen (secondary N) is 1. The second-order valence-electron chi connectivity index (χ2n) is 3.10. The van der Waals surface area contributed by atoms with Gasteiger partial charge in [0.05, 0.1) is 12.7 Å². The Labute approximate surface area is 97.7 Å². The lowest BCUT2D eigenvalue weighted by molar-refractivity contribution is -0.131. The van der Waals surface area contributed by atoms with Gasteiger partial charge in [-0.3, -0.25) is 10.2 Å². The number of carbonyl (C=O) groups is 2. The van der Waals surface area contributed by atoms with Crippen molar-refractivity contribution in [1.29, 1.82) is 0 Å². The van der Waals surface area contributed by atoms with Gasteiger partial charge in [0.1, 0.15) is 5.75 Å². The van der Waals surface area contributed by atoms with E-state index in [1.165, 1.54) is 19.3 Å². The number of hydrogen-bond donors (Lipinski definition) is 3. The fourth-order valence-electron chi connectivity index (χ4n) is 1.24. The number of methoxy groups -OCH3 is 1. The standard InChI is InChI=1S/C11H12N2O4/c1-17-8-4-2-7(3-5-10(14)15)9(6-8)11(16)13-12/h2-6H,12H2,1H3,(H,13,16)(H,14,15). The highest BCUT2D eigenvalue weighted by Crippen LogP contribution is 2.18. The molecule has 0 saturated heterocycles. The monoisotopic (exact) mass is 236 g/mol. The molecule has 6 nitrogen and oxygen atoms in total. The van der Waals surface area contributed by atoms with Gasteiger partial charge in [-0.05, 0) is 23.8 Å². The van der Waals surface area contributed by atoms with Crippen LogP contribution in [0.1, 0.15) is 15.9 Å². The van der Waals surface area contributed by atoms with Crippen LogP contribution in [0.3, 0.4) is 0 Å². The van der Waals surface area contributed by atoms with E-state index in [9.17, 15) is 9.59 Å². The van der Waals surface area contributed by atoms with Crippen LogP contribution in [-0.2, 0) is 4.79 Å². The summed E-state index contributed by atoms with van der Waals surface area (Å²) in [5.41, 5.74) is 2.67. The molecule has 1 aromatic rings. The number of hydrogen-bond acceptors (Lipinski definition) is 4. The van der Waals surface area contributed by atoms with Gasteiger partial charge in [-0.2, -0.15) is 0 Å². The first kappa shape index (κ1) is 12.7. The number of carboxylic acid groups (broad SMARTS) is 1. The van der Waals surface area contributed by atoms with Gasteiger partial charge in [0, 0.05) is 6.08 Å². The fraction of sp³-hybridized carbons (Fsp3) is 0.0909. The number of aliphatic carboxylic acids is 1. The van der Waals surface area contributed by atoms with E-state index in [1.807, 2.05) is 5.43 Å². The van der Waals surface area contributed by atoms with Crippen LogP contribution in [0.15, 0.2) is 24.3 Å². The molecule has 0 spiro atoms. The van der Waals surface area contributed by atoms with Crippen molar-refractivity contribution in [3.63, 3.8) is 0 Å². The van der Waals surface area contributed by atoms with Crippen LogP contribution in [0.4, 0.5) is 0 Å². The van der Waals surface area contributed by atoms with E-state index < -0.39 is 11.9 Å². The summed E-state index contributed by atoms with van der Waals surface area (Å²) in [5, 5.41) is 8.53. The van der Waals surface area contributed by atoms with Crippen LogP contribution < -0.4 is 16.0 Å². The van der Waals surface area contributed by atoms with Gasteiger partial charge in [-0.1, -0.05) is 6.07 Å². The van der Waals surface area contributed by atoms with Gasteiger partial charge in [-0.15, -0.1) is 0 Å². The molecule has 0 heterocycles. The van der Waals surface area contributed by atoms with Crippen molar-refractivity contribution in [3.05, 3.63) is 35.4 Å². The van der Waals surface area contributed by atoms with Crippen molar-refractivity contribution >= 4 is 18.0 Å². The second kappa shape index (κ2) is 5.66. The zero-order valence-electron chi connectivity index (χ0n) is 9.14. The number of hydrazine groups is 1. The number of benzene rings is 1. The van der Waals surface area contributed by atoms with Gasteiger partial charge in [-0.25, -0.2) is 10.6 Å². The van der Waals surface area contributed by atoms with Crippen molar-refractivity contribution in [3.8, 4) is 5.75 Å². The fourth-order valence-corrected chi connectivity index (χ4v) is 1.24. The van der Waals surface area contributed by atoms with E-state index in [0.717, 1.165) is 6.08 Å². The smallest absolute Gasteiger partial charge is 0.328 e. The summed E-state index contributed by atoms with van der Waals surface area (Å²) in [6.45, 7) is 0. The number of rotatable bonds is 4. The Balaban J connectivity index is 3.19. The molecule has 0 atom stereocenters. The molecule has 4 N–H and O–H groups in total. The first-order valence-corrected chi connectivity index (χ1v) is 4.68. The van der Waals surface area contributed by atoms with E-state index in [1.54, 1.807) is 12.1 Å². The largest absolute Gasteiger partial charge is 0.497 e. The van der Waals surface area contributed by atoms with Crippen LogP contribution in [0, 0.1) is 0 Å². The molecular formula is C11H12N2O4. The molecule has 0 fully saturated rings. The highest BCUT2D eigenvalue weighted by molar-refractivity contribution is 5.99. The summed E-state index contributed by atoms with van der Waals surface area (Å²) >= 11 is 0. The van der Waals surface area contributed by atoms with E-state index in [-0.39, 0.29) is 5.56 Å². The van der Waals surface area contributed by atoms with Crippen LogP contribution in [0.25, 0.3) is 6.08 Å². The zero-order chi connectivity index (χ0) is 12.8. The predicted octanol–water partition coefficient (Wildman–Crippen LogP) is 0.396. The molecule has 0 aliphatic rings. The van der Waals surface area contributed by atoms with Crippen molar-refractivity contribution in [1.82, 2.24) is 5.43 Å². The summed E-state index contributed by atoms with van der Waals surface area (Å²) in [6, 6.07) is 4.67.